The smallest absolute Gasteiger partial charge is 0.0222 e. The first-order valence-corrected chi connectivity index (χ1v) is 7.62. The standard InChI is InChI=1S/C15H23BrN2/c1-12-6-7-13(15(16)9-12)10-17-11-14-5-3-4-8-18(14)2/h6-7,9,14,17H,3-5,8,10-11H2,1-2H3. The van der Waals surface area contributed by atoms with Gasteiger partial charge in [0.15, 0.2) is 0 Å². The summed E-state index contributed by atoms with van der Waals surface area (Å²) in [5.74, 6) is 0. The Morgan fingerprint density at radius 2 is 2.22 bits per heavy atom. The summed E-state index contributed by atoms with van der Waals surface area (Å²) in [5, 5.41) is 3.59. The maximum atomic E-state index is 3.63. The zero-order valence-electron chi connectivity index (χ0n) is 11.4. The first-order chi connectivity index (χ1) is 8.66. The molecule has 1 atom stereocenters. The van der Waals surface area contributed by atoms with Crippen molar-refractivity contribution in [3.05, 3.63) is 33.8 Å². The number of likely N-dealkylation sites (N-methyl/N-ethyl adjacent to an activating group) is 1. The number of rotatable bonds is 4. The van der Waals surface area contributed by atoms with Crippen LogP contribution in [0.25, 0.3) is 0 Å². The molecule has 0 radical (unpaired) electrons. The molecule has 0 aromatic heterocycles. The third-order valence-electron chi connectivity index (χ3n) is 3.83. The molecule has 1 N–H and O–H groups in total. The minimum absolute atomic E-state index is 0.711. The molecule has 0 spiro atoms. The average molecular weight is 311 g/mol. The van der Waals surface area contributed by atoms with Crippen molar-refractivity contribution >= 4 is 15.9 Å². The Bertz CT molecular complexity index is 392. The number of piperidine rings is 1. The molecule has 18 heavy (non-hydrogen) atoms. The summed E-state index contributed by atoms with van der Waals surface area (Å²) in [6.45, 7) is 5.42. The predicted octanol–water partition coefficient (Wildman–Crippen LogP) is 3.33. The van der Waals surface area contributed by atoms with Crippen LogP contribution in [-0.2, 0) is 6.54 Å². The lowest BCUT2D eigenvalue weighted by molar-refractivity contribution is 0.181. The van der Waals surface area contributed by atoms with E-state index >= 15 is 0 Å². The summed E-state index contributed by atoms with van der Waals surface area (Å²) >= 11 is 3.63. The van der Waals surface area contributed by atoms with Crippen molar-refractivity contribution in [2.24, 2.45) is 0 Å². The Morgan fingerprint density at radius 3 is 2.94 bits per heavy atom. The molecule has 1 aliphatic heterocycles. The molecule has 1 aromatic rings. The Kier molecular flexibility index (Phi) is 5.22. The zero-order chi connectivity index (χ0) is 13.0. The predicted molar refractivity (Wildman–Crippen MR) is 80.9 cm³/mol. The van der Waals surface area contributed by atoms with E-state index in [1.165, 1.54) is 41.4 Å². The Balaban J connectivity index is 1.81. The topological polar surface area (TPSA) is 15.3 Å². The summed E-state index contributed by atoms with van der Waals surface area (Å²) < 4.78 is 1.21. The first-order valence-electron chi connectivity index (χ1n) is 6.83. The summed E-state index contributed by atoms with van der Waals surface area (Å²) in [7, 11) is 2.24. The van der Waals surface area contributed by atoms with Gasteiger partial charge in [0.05, 0.1) is 0 Å². The van der Waals surface area contributed by atoms with E-state index in [1.54, 1.807) is 0 Å². The summed E-state index contributed by atoms with van der Waals surface area (Å²) in [5.41, 5.74) is 2.65. The molecule has 0 saturated carbocycles. The number of aryl methyl sites for hydroxylation is 1. The molecule has 100 valence electrons. The van der Waals surface area contributed by atoms with Crippen LogP contribution in [0, 0.1) is 6.92 Å². The number of hydrogen-bond acceptors (Lipinski definition) is 2. The second kappa shape index (κ2) is 6.69. The van der Waals surface area contributed by atoms with Gasteiger partial charge < -0.3 is 10.2 Å². The van der Waals surface area contributed by atoms with E-state index in [1.807, 2.05) is 0 Å². The number of nitrogens with zero attached hydrogens (tertiary/aromatic N) is 1. The lowest BCUT2D eigenvalue weighted by atomic mass is 10.0. The van der Waals surface area contributed by atoms with Crippen molar-refractivity contribution in [2.45, 2.75) is 38.8 Å². The molecule has 1 heterocycles. The van der Waals surface area contributed by atoms with Gasteiger partial charge >= 0.3 is 0 Å². The number of benzene rings is 1. The van der Waals surface area contributed by atoms with Crippen molar-refractivity contribution in [3.8, 4) is 0 Å². The zero-order valence-corrected chi connectivity index (χ0v) is 13.0. The SMILES string of the molecule is Cc1ccc(CNCC2CCCCN2C)c(Br)c1. The van der Waals surface area contributed by atoms with Gasteiger partial charge in [-0.05, 0) is 50.6 Å². The van der Waals surface area contributed by atoms with Gasteiger partial charge in [0.1, 0.15) is 0 Å². The number of likely N-dealkylation sites (tertiary alicyclic amines) is 1. The van der Waals surface area contributed by atoms with Gasteiger partial charge in [-0.15, -0.1) is 0 Å². The van der Waals surface area contributed by atoms with E-state index in [4.69, 9.17) is 0 Å². The van der Waals surface area contributed by atoms with Crippen LogP contribution in [0.4, 0.5) is 0 Å². The van der Waals surface area contributed by atoms with Crippen LogP contribution in [0.15, 0.2) is 22.7 Å². The maximum Gasteiger partial charge on any atom is 0.0222 e. The van der Waals surface area contributed by atoms with Crippen LogP contribution in [0.5, 0.6) is 0 Å². The molecular formula is C15H23BrN2. The fraction of sp³-hybridized carbons (Fsp3) is 0.600. The molecule has 0 bridgehead atoms. The molecule has 1 saturated heterocycles. The Labute approximate surface area is 119 Å². The molecule has 2 rings (SSSR count). The summed E-state index contributed by atoms with van der Waals surface area (Å²) in [6, 6.07) is 7.28. The Morgan fingerprint density at radius 1 is 1.39 bits per heavy atom. The van der Waals surface area contributed by atoms with Gasteiger partial charge in [-0.3, -0.25) is 0 Å². The molecule has 2 nitrogen and oxygen atoms in total. The van der Waals surface area contributed by atoms with Gasteiger partial charge in [-0.1, -0.05) is 34.5 Å². The van der Waals surface area contributed by atoms with Crippen molar-refractivity contribution in [1.82, 2.24) is 10.2 Å². The average Bonchev–Trinajstić information content (AvgIpc) is 2.34. The van der Waals surface area contributed by atoms with Crippen LogP contribution in [-0.4, -0.2) is 31.1 Å². The second-order valence-electron chi connectivity index (χ2n) is 5.36. The van der Waals surface area contributed by atoms with Gasteiger partial charge in [0.25, 0.3) is 0 Å². The summed E-state index contributed by atoms with van der Waals surface area (Å²) in [6.07, 6.45) is 4.07. The minimum Gasteiger partial charge on any atom is -0.311 e. The molecule has 1 aliphatic rings. The molecule has 1 fully saturated rings. The fourth-order valence-electron chi connectivity index (χ4n) is 2.57. The van der Waals surface area contributed by atoms with E-state index in [2.05, 4.69) is 58.3 Å². The van der Waals surface area contributed by atoms with Gasteiger partial charge in [0.2, 0.25) is 0 Å². The number of nitrogens with one attached hydrogen (secondary N) is 1. The van der Waals surface area contributed by atoms with Crippen molar-refractivity contribution < 1.29 is 0 Å². The highest BCUT2D eigenvalue weighted by Crippen LogP contribution is 2.18. The lowest BCUT2D eigenvalue weighted by Gasteiger charge is -2.32. The monoisotopic (exact) mass is 310 g/mol. The van der Waals surface area contributed by atoms with Crippen molar-refractivity contribution in [3.63, 3.8) is 0 Å². The van der Waals surface area contributed by atoms with Crippen molar-refractivity contribution in [1.29, 1.82) is 0 Å². The van der Waals surface area contributed by atoms with Crippen LogP contribution in [0.2, 0.25) is 0 Å². The van der Waals surface area contributed by atoms with Gasteiger partial charge in [-0.2, -0.15) is 0 Å². The third kappa shape index (κ3) is 3.81. The van der Waals surface area contributed by atoms with Crippen LogP contribution in [0.3, 0.4) is 0 Å². The summed E-state index contributed by atoms with van der Waals surface area (Å²) in [4.78, 5) is 2.49. The molecule has 3 heteroatoms. The Hall–Kier alpha value is -0.380. The largest absolute Gasteiger partial charge is 0.311 e. The maximum absolute atomic E-state index is 3.63. The van der Waals surface area contributed by atoms with Crippen LogP contribution in [0.1, 0.15) is 30.4 Å². The van der Waals surface area contributed by atoms with E-state index in [0.29, 0.717) is 6.04 Å². The highest BCUT2D eigenvalue weighted by Gasteiger charge is 2.17. The molecule has 1 aromatic carbocycles. The van der Waals surface area contributed by atoms with E-state index in [0.717, 1.165) is 13.1 Å². The van der Waals surface area contributed by atoms with Crippen LogP contribution < -0.4 is 5.32 Å². The number of halogens is 1. The van der Waals surface area contributed by atoms with Gasteiger partial charge in [0, 0.05) is 23.6 Å². The highest BCUT2D eigenvalue weighted by atomic mass is 79.9. The molecule has 1 unspecified atom stereocenters. The van der Waals surface area contributed by atoms with E-state index in [9.17, 15) is 0 Å². The molecule has 0 aliphatic carbocycles. The highest BCUT2D eigenvalue weighted by molar-refractivity contribution is 9.10. The molecule has 0 amide bonds. The van der Waals surface area contributed by atoms with E-state index in [-0.39, 0.29) is 0 Å². The normalized spacial score (nSPS) is 21.2. The first kappa shape index (κ1) is 14.0. The van der Waals surface area contributed by atoms with E-state index < -0.39 is 0 Å². The molecular weight excluding hydrogens is 288 g/mol. The van der Waals surface area contributed by atoms with Gasteiger partial charge in [-0.25, -0.2) is 0 Å². The van der Waals surface area contributed by atoms with Crippen molar-refractivity contribution in [2.75, 3.05) is 20.1 Å². The quantitative estimate of drug-likeness (QED) is 0.917. The second-order valence-corrected chi connectivity index (χ2v) is 6.21. The minimum atomic E-state index is 0.711. The fourth-order valence-corrected chi connectivity index (χ4v) is 3.20. The third-order valence-corrected chi connectivity index (χ3v) is 4.56. The van der Waals surface area contributed by atoms with Crippen LogP contribution >= 0.6 is 15.9 Å². The lowest BCUT2D eigenvalue weighted by Crippen LogP contribution is -2.42. The number of hydrogen-bond donors (Lipinski definition) is 1.